The topological polar surface area (TPSA) is 163 Å². The van der Waals surface area contributed by atoms with E-state index in [1.54, 1.807) is 60.7 Å². The first-order valence-electron chi connectivity index (χ1n) is 18.0. The van der Waals surface area contributed by atoms with Gasteiger partial charge in [-0.2, -0.15) is 0 Å². The van der Waals surface area contributed by atoms with Crippen LogP contribution in [0.5, 0.6) is 11.5 Å². The van der Waals surface area contributed by atoms with E-state index in [0.717, 1.165) is 17.5 Å². The summed E-state index contributed by atoms with van der Waals surface area (Å²) in [6.07, 6.45) is 1.62. The Bertz CT molecular complexity index is 2050. The van der Waals surface area contributed by atoms with Crippen LogP contribution in [0.3, 0.4) is 0 Å². The molecule has 4 N–H and O–H groups in total. The predicted octanol–water partition coefficient (Wildman–Crippen LogP) is 5.81. The van der Waals surface area contributed by atoms with Crippen LogP contribution in [0.15, 0.2) is 84.9 Å². The molecule has 0 fully saturated rings. The van der Waals surface area contributed by atoms with Gasteiger partial charge >= 0.3 is 5.97 Å². The molecule has 0 saturated heterocycles. The Kier molecular flexibility index (Phi) is 13.2. The average Bonchev–Trinajstić information content (AvgIpc) is 3.18. The molecule has 0 saturated carbocycles. The van der Waals surface area contributed by atoms with Crippen molar-refractivity contribution in [1.82, 2.24) is 20.9 Å². The third-order valence-corrected chi connectivity index (χ3v) is 9.91. The zero-order chi connectivity index (χ0) is 39.8. The number of rotatable bonds is 11. The SMILES string of the molecule is CCCC[C@H](NC(=O)c1ccc(-c2ccc(Cl)cc2)cc1)C(=O)N(C)[C@@H]1C(=O)N[C@@H](C)C(=O)N[C@H](C(=O)O)Cc2ccc(OC)c(c2)-c2cc1ccc2OC. The molecule has 1 aliphatic rings. The van der Waals surface area contributed by atoms with E-state index in [0.29, 0.717) is 57.2 Å². The van der Waals surface area contributed by atoms with E-state index in [9.17, 15) is 29.1 Å². The maximum Gasteiger partial charge on any atom is 0.326 e. The lowest BCUT2D eigenvalue weighted by atomic mass is 9.93. The number of carboxylic acid groups (broad SMARTS) is 1. The summed E-state index contributed by atoms with van der Waals surface area (Å²) in [5.41, 5.74) is 4.22. The summed E-state index contributed by atoms with van der Waals surface area (Å²) in [6, 6.07) is 19.8. The normalized spacial score (nSPS) is 17.5. The lowest BCUT2D eigenvalue weighted by molar-refractivity contribution is -0.143. The summed E-state index contributed by atoms with van der Waals surface area (Å²) in [7, 11) is 4.46. The number of nitrogens with zero attached hydrogens (tertiary/aromatic N) is 1. The molecule has 0 aromatic heterocycles. The molecule has 55 heavy (non-hydrogen) atoms. The summed E-state index contributed by atoms with van der Waals surface area (Å²) in [5, 5.41) is 18.7. The number of unbranched alkanes of at least 4 members (excludes halogenated alkanes) is 1. The number of ether oxygens (including phenoxy) is 2. The van der Waals surface area contributed by atoms with Gasteiger partial charge in [-0.15, -0.1) is 0 Å². The van der Waals surface area contributed by atoms with E-state index in [2.05, 4.69) is 16.0 Å². The molecule has 0 aliphatic carbocycles. The minimum absolute atomic E-state index is 0.0437. The second kappa shape index (κ2) is 18.0. The van der Waals surface area contributed by atoms with Crippen LogP contribution in [0.4, 0.5) is 0 Å². The van der Waals surface area contributed by atoms with E-state index < -0.39 is 53.8 Å². The van der Waals surface area contributed by atoms with Gasteiger partial charge in [-0.1, -0.05) is 67.8 Å². The Labute approximate surface area is 325 Å². The number of carbonyl (C=O) groups excluding carboxylic acids is 4. The number of benzene rings is 4. The zero-order valence-corrected chi connectivity index (χ0v) is 32.1. The van der Waals surface area contributed by atoms with Crippen LogP contribution in [0, 0.1) is 0 Å². The highest BCUT2D eigenvalue weighted by Gasteiger charge is 2.36. The standard InChI is InChI=1S/C42H45ClN4O8/c1-6-7-8-33(45-39(49)28-12-10-26(11-13-28)27-14-17-30(43)18-15-27)41(51)47(3)37-29-16-20-36(55-5)32(23-29)31-21-25(9-19-35(31)54-4)22-34(42(52)53)46-38(48)24(2)44-40(37)50/h9-21,23-24,33-34,37H,6-8,22H2,1-5H3,(H,44,50)(H,45,49)(H,46,48)(H,52,53)/t24-,33-,34-,37-/m0/s1. The van der Waals surface area contributed by atoms with Gasteiger partial charge in [-0.3, -0.25) is 19.2 Å². The molecule has 4 amide bonds. The van der Waals surface area contributed by atoms with Gasteiger partial charge in [0.15, 0.2) is 0 Å². The van der Waals surface area contributed by atoms with Crippen LogP contribution in [0.25, 0.3) is 22.3 Å². The van der Waals surface area contributed by atoms with Gasteiger partial charge in [-0.25, -0.2) is 4.79 Å². The molecule has 1 aliphatic heterocycles. The molecule has 5 rings (SSSR count). The average molecular weight is 769 g/mol. The smallest absolute Gasteiger partial charge is 0.326 e. The Hall–Kier alpha value is -5.88. The van der Waals surface area contributed by atoms with Crippen molar-refractivity contribution < 1.29 is 38.6 Å². The van der Waals surface area contributed by atoms with Crippen molar-refractivity contribution in [2.24, 2.45) is 0 Å². The Morgan fingerprint density at radius 1 is 0.873 bits per heavy atom. The number of amides is 4. The van der Waals surface area contributed by atoms with Gasteiger partial charge in [0.2, 0.25) is 17.7 Å². The van der Waals surface area contributed by atoms with Gasteiger partial charge in [0.1, 0.15) is 35.7 Å². The lowest BCUT2D eigenvalue weighted by Gasteiger charge is -2.32. The van der Waals surface area contributed by atoms with Crippen molar-refractivity contribution in [1.29, 1.82) is 0 Å². The van der Waals surface area contributed by atoms with E-state index >= 15 is 0 Å². The highest BCUT2D eigenvalue weighted by atomic mass is 35.5. The van der Waals surface area contributed by atoms with Crippen molar-refractivity contribution in [3.05, 3.63) is 107 Å². The number of hydrogen-bond acceptors (Lipinski definition) is 7. The first-order valence-corrected chi connectivity index (χ1v) is 18.3. The molecule has 288 valence electrons. The van der Waals surface area contributed by atoms with E-state index in [1.165, 1.54) is 33.1 Å². The largest absolute Gasteiger partial charge is 0.496 e. The first kappa shape index (κ1) is 40.3. The number of aliphatic carboxylic acids is 1. The molecule has 4 aromatic carbocycles. The number of likely N-dealkylation sites (N-methyl/N-ethyl adjacent to an activating group) is 1. The highest BCUT2D eigenvalue weighted by molar-refractivity contribution is 6.30. The molecule has 4 bridgehead atoms. The lowest BCUT2D eigenvalue weighted by Crippen LogP contribution is -2.54. The second-order valence-corrected chi connectivity index (χ2v) is 13.9. The van der Waals surface area contributed by atoms with Crippen LogP contribution in [0.1, 0.15) is 60.6 Å². The summed E-state index contributed by atoms with van der Waals surface area (Å²) >= 11 is 6.04. The molecule has 0 radical (unpaired) electrons. The highest BCUT2D eigenvalue weighted by Crippen LogP contribution is 2.40. The fourth-order valence-electron chi connectivity index (χ4n) is 6.58. The minimum Gasteiger partial charge on any atom is -0.496 e. The maximum absolute atomic E-state index is 14.5. The summed E-state index contributed by atoms with van der Waals surface area (Å²) < 4.78 is 11.4. The number of halogens is 1. The predicted molar refractivity (Wildman–Crippen MR) is 209 cm³/mol. The molecule has 4 atom stereocenters. The third kappa shape index (κ3) is 9.44. The molecule has 1 heterocycles. The summed E-state index contributed by atoms with van der Waals surface area (Å²) in [5.74, 6) is -2.77. The number of nitrogens with one attached hydrogen (secondary N) is 3. The Morgan fingerprint density at radius 2 is 1.47 bits per heavy atom. The zero-order valence-electron chi connectivity index (χ0n) is 31.4. The fourth-order valence-corrected chi connectivity index (χ4v) is 6.70. The van der Waals surface area contributed by atoms with E-state index in [1.807, 2.05) is 31.2 Å². The van der Waals surface area contributed by atoms with Crippen LogP contribution in [0.2, 0.25) is 5.02 Å². The van der Waals surface area contributed by atoms with Crippen molar-refractivity contribution >= 4 is 41.2 Å². The Morgan fingerprint density at radius 3 is 2.07 bits per heavy atom. The molecular weight excluding hydrogens is 724 g/mol. The molecular formula is C42H45ClN4O8. The van der Waals surface area contributed by atoms with E-state index in [-0.39, 0.29) is 6.42 Å². The molecule has 13 heteroatoms. The summed E-state index contributed by atoms with van der Waals surface area (Å²) in [4.78, 5) is 69.1. The van der Waals surface area contributed by atoms with Gasteiger partial charge in [0.05, 0.1) is 14.2 Å². The van der Waals surface area contributed by atoms with Crippen LogP contribution in [-0.4, -0.2) is 79.0 Å². The molecule has 0 unspecified atom stereocenters. The second-order valence-electron chi connectivity index (χ2n) is 13.4. The van der Waals surface area contributed by atoms with Crippen LogP contribution >= 0.6 is 11.6 Å². The van der Waals surface area contributed by atoms with Gasteiger partial charge in [0, 0.05) is 35.2 Å². The number of carboxylic acids is 1. The third-order valence-electron chi connectivity index (χ3n) is 9.66. The number of hydrogen-bond donors (Lipinski definition) is 4. The molecule has 4 aromatic rings. The quantitative estimate of drug-likeness (QED) is 0.149. The van der Waals surface area contributed by atoms with Gasteiger partial charge in [0.25, 0.3) is 5.91 Å². The maximum atomic E-state index is 14.5. The van der Waals surface area contributed by atoms with Crippen molar-refractivity contribution in [3.8, 4) is 33.8 Å². The van der Waals surface area contributed by atoms with Gasteiger partial charge in [-0.05, 0) is 84.1 Å². The summed E-state index contributed by atoms with van der Waals surface area (Å²) in [6.45, 7) is 3.40. The monoisotopic (exact) mass is 768 g/mol. The molecule has 0 spiro atoms. The van der Waals surface area contributed by atoms with Crippen molar-refractivity contribution in [2.45, 2.75) is 63.7 Å². The van der Waals surface area contributed by atoms with Crippen LogP contribution < -0.4 is 25.4 Å². The van der Waals surface area contributed by atoms with Crippen LogP contribution in [-0.2, 0) is 25.6 Å². The number of carbonyl (C=O) groups is 5. The van der Waals surface area contributed by atoms with Crippen molar-refractivity contribution in [3.63, 3.8) is 0 Å². The Balaban J connectivity index is 1.53. The van der Waals surface area contributed by atoms with Crippen molar-refractivity contribution in [2.75, 3.05) is 21.3 Å². The minimum atomic E-state index is -1.30. The van der Waals surface area contributed by atoms with E-state index in [4.69, 9.17) is 21.1 Å². The first-order chi connectivity index (χ1) is 26.3. The fraction of sp³-hybridized carbons (Fsp3) is 0.310. The molecule has 12 nitrogen and oxygen atoms in total. The number of fused-ring (bicyclic) bond motifs is 5. The van der Waals surface area contributed by atoms with Gasteiger partial charge < -0.3 is 35.4 Å². The number of methoxy groups -OCH3 is 2.